The number of aryl methyl sites for hydroxylation is 1. The smallest absolute Gasteiger partial charge is 0.268 e. The summed E-state index contributed by atoms with van der Waals surface area (Å²) in [5, 5.41) is 0. The van der Waals surface area contributed by atoms with Crippen LogP contribution in [0.1, 0.15) is 40.5 Å². The Morgan fingerprint density at radius 3 is 2.93 bits per heavy atom. The Morgan fingerprint density at radius 2 is 2.10 bits per heavy atom. The van der Waals surface area contributed by atoms with Gasteiger partial charge in [-0.2, -0.15) is 0 Å². The SMILES string of the molecule is Cc1ccn(-c2ccc3c(c2)OCO3)c(=O)c1C(=O)N1CCCC(c2ncc[nH]2)C1. The fourth-order valence-electron chi connectivity index (χ4n) is 4.17. The van der Waals surface area contributed by atoms with Crippen LogP contribution in [0.2, 0.25) is 0 Å². The zero-order valence-corrected chi connectivity index (χ0v) is 16.6. The molecule has 30 heavy (non-hydrogen) atoms. The summed E-state index contributed by atoms with van der Waals surface area (Å²) in [5.74, 6) is 2.04. The number of aromatic nitrogens is 3. The van der Waals surface area contributed by atoms with Crippen LogP contribution in [0.25, 0.3) is 5.69 Å². The zero-order chi connectivity index (χ0) is 20.7. The van der Waals surface area contributed by atoms with Crippen LogP contribution in [0.3, 0.4) is 0 Å². The van der Waals surface area contributed by atoms with Gasteiger partial charge in [-0.1, -0.05) is 0 Å². The molecule has 2 aliphatic rings. The van der Waals surface area contributed by atoms with E-state index in [4.69, 9.17) is 9.47 Å². The van der Waals surface area contributed by atoms with Gasteiger partial charge in [-0.15, -0.1) is 0 Å². The number of nitrogens with zero attached hydrogens (tertiary/aromatic N) is 3. The topological polar surface area (TPSA) is 89.4 Å². The number of hydrogen-bond donors (Lipinski definition) is 1. The van der Waals surface area contributed by atoms with Crippen molar-refractivity contribution in [1.82, 2.24) is 19.4 Å². The van der Waals surface area contributed by atoms with Crippen molar-refractivity contribution in [3.63, 3.8) is 0 Å². The lowest BCUT2D eigenvalue weighted by Crippen LogP contribution is -2.42. The number of carbonyl (C=O) groups excluding carboxylic acids is 1. The molecule has 1 amide bonds. The first kappa shape index (κ1) is 18.5. The normalized spacial score (nSPS) is 17.9. The molecule has 5 rings (SSSR count). The lowest BCUT2D eigenvalue weighted by atomic mass is 9.96. The summed E-state index contributed by atoms with van der Waals surface area (Å²) >= 11 is 0. The molecule has 1 fully saturated rings. The molecule has 1 N–H and O–H groups in total. The number of fused-ring (bicyclic) bond motifs is 1. The molecule has 3 aromatic rings. The predicted octanol–water partition coefficient (Wildman–Crippen LogP) is 2.62. The van der Waals surface area contributed by atoms with Gasteiger partial charge in [0.05, 0.1) is 5.69 Å². The second-order valence-corrected chi connectivity index (χ2v) is 7.65. The number of benzene rings is 1. The molecule has 0 spiro atoms. The summed E-state index contributed by atoms with van der Waals surface area (Å²) < 4.78 is 12.2. The third-order valence-electron chi connectivity index (χ3n) is 5.76. The molecule has 1 atom stereocenters. The van der Waals surface area contributed by atoms with Crippen molar-refractivity contribution < 1.29 is 14.3 Å². The molecular formula is C22H22N4O4. The highest BCUT2D eigenvalue weighted by Gasteiger charge is 2.29. The fourth-order valence-corrected chi connectivity index (χ4v) is 4.17. The second-order valence-electron chi connectivity index (χ2n) is 7.65. The quantitative estimate of drug-likeness (QED) is 0.722. The van der Waals surface area contributed by atoms with Gasteiger partial charge in [-0.3, -0.25) is 14.2 Å². The van der Waals surface area contributed by atoms with Gasteiger partial charge in [0.25, 0.3) is 11.5 Å². The highest BCUT2D eigenvalue weighted by Crippen LogP contribution is 2.33. The highest BCUT2D eigenvalue weighted by molar-refractivity contribution is 5.95. The van der Waals surface area contributed by atoms with Crippen LogP contribution in [0.15, 0.2) is 47.7 Å². The number of aromatic amines is 1. The number of nitrogens with one attached hydrogen (secondary N) is 1. The summed E-state index contributed by atoms with van der Waals surface area (Å²) in [4.78, 5) is 35.9. The summed E-state index contributed by atoms with van der Waals surface area (Å²) in [5.41, 5.74) is 1.17. The number of likely N-dealkylation sites (tertiary alicyclic amines) is 1. The molecular weight excluding hydrogens is 384 g/mol. The minimum absolute atomic E-state index is 0.151. The maximum atomic E-state index is 13.4. The first-order valence-corrected chi connectivity index (χ1v) is 10.0. The molecule has 2 aromatic heterocycles. The monoisotopic (exact) mass is 406 g/mol. The number of ether oxygens (including phenoxy) is 2. The Morgan fingerprint density at radius 1 is 1.23 bits per heavy atom. The van der Waals surface area contributed by atoms with Crippen LogP contribution in [0, 0.1) is 6.92 Å². The van der Waals surface area contributed by atoms with Gasteiger partial charge < -0.3 is 19.4 Å². The van der Waals surface area contributed by atoms with Gasteiger partial charge in [0.15, 0.2) is 11.5 Å². The lowest BCUT2D eigenvalue weighted by molar-refractivity contribution is 0.0702. The van der Waals surface area contributed by atoms with Gasteiger partial charge >= 0.3 is 0 Å². The second kappa shape index (κ2) is 7.37. The summed E-state index contributed by atoms with van der Waals surface area (Å²) in [6, 6.07) is 7.10. The minimum Gasteiger partial charge on any atom is -0.454 e. The van der Waals surface area contributed by atoms with E-state index < -0.39 is 0 Å². The van der Waals surface area contributed by atoms with Gasteiger partial charge in [-0.05, 0) is 43.5 Å². The molecule has 4 heterocycles. The summed E-state index contributed by atoms with van der Waals surface area (Å²) in [6.45, 7) is 3.14. The Labute approximate surface area is 173 Å². The van der Waals surface area contributed by atoms with Crippen molar-refractivity contribution >= 4 is 5.91 Å². The van der Waals surface area contributed by atoms with E-state index in [1.54, 1.807) is 54.7 Å². The Balaban J connectivity index is 1.47. The van der Waals surface area contributed by atoms with Crippen molar-refractivity contribution in [2.45, 2.75) is 25.7 Å². The van der Waals surface area contributed by atoms with E-state index >= 15 is 0 Å². The summed E-state index contributed by atoms with van der Waals surface area (Å²) in [6.07, 6.45) is 7.04. The third-order valence-corrected chi connectivity index (χ3v) is 5.76. The minimum atomic E-state index is -0.334. The van der Waals surface area contributed by atoms with Crippen molar-refractivity contribution in [3.05, 3.63) is 70.2 Å². The first-order chi connectivity index (χ1) is 14.6. The van der Waals surface area contributed by atoms with Gasteiger partial charge in [0, 0.05) is 43.7 Å². The van der Waals surface area contributed by atoms with Gasteiger partial charge in [0.1, 0.15) is 11.4 Å². The standard InChI is InChI=1S/C22H22N4O4/c1-14-6-10-26(16-4-5-17-18(11-16)30-13-29-17)22(28)19(14)21(27)25-9-2-3-15(12-25)20-23-7-8-24-20/h4-8,10-11,15H,2-3,9,12-13H2,1H3,(H,23,24). The van der Waals surface area contributed by atoms with E-state index in [0.29, 0.717) is 35.8 Å². The molecule has 1 saturated heterocycles. The number of piperidine rings is 1. The number of amides is 1. The molecule has 8 heteroatoms. The van der Waals surface area contributed by atoms with Crippen LogP contribution in [-0.4, -0.2) is 45.2 Å². The molecule has 0 saturated carbocycles. The Hall–Kier alpha value is -3.55. The molecule has 1 unspecified atom stereocenters. The number of hydrogen-bond acceptors (Lipinski definition) is 5. The van der Waals surface area contributed by atoms with Gasteiger partial charge in [0.2, 0.25) is 6.79 Å². The van der Waals surface area contributed by atoms with Crippen molar-refractivity contribution in [1.29, 1.82) is 0 Å². The van der Waals surface area contributed by atoms with E-state index in [0.717, 1.165) is 18.7 Å². The average molecular weight is 406 g/mol. The van der Waals surface area contributed by atoms with Crippen LogP contribution >= 0.6 is 0 Å². The van der Waals surface area contributed by atoms with E-state index in [-0.39, 0.29) is 29.7 Å². The van der Waals surface area contributed by atoms with Crippen LogP contribution in [0.5, 0.6) is 11.5 Å². The number of H-pyrrole nitrogens is 1. The first-order valence-electron chi connectivity index (χ1n) is 10.0. The molecule has 8 nitrogen and oxygen atoms in total. The molecule has 0 bridgehead atoms. The zero-order valence-electron chi connectivity index (χ0n) is 16.6. The molecule has 154 valence electrons. The predicted molar refractivity (Wildman–Crippen MR) is 109 cm³/mol. The average Bonchev–Trinajstić information content (AvgIpc) is 3.45. The van der Waals surface area contributed by atoms with E-state index in [2.05, 4.69) is 9.97 Å². The van der Waals surface area contributed by atoms with Gasteiger partial charge in [-0.25, -0.2) is 4.98 Å². The van der Waals surface area contributed by atoms with Crippen molar-refractivity contribution in [2.75, 3.05) is 19.9 Å². The maximum absolute atomic E-state index is 13.4. The Bertz CT molecular complexity index is 1150. The van der Waals surface area contributed by atoms with Crippen molar-refractivity contribution in [3.8, 4) is 17.2 Å². The number of pyridine rings is 1. The molecule has 0 radical (unpaired) electrons. The van der Waals surface area contributed by atoms with E-state index in [1.807, 2.05) is 0 Å². The Kier molecular flexibility index (Phi) is 4.54. The van der Waals surface area contributed by atoms with Crippen LogP contribution in [0.4, 0.5) is 0 Å². The van der Waals surface area contributed by atoms with E-state index in [1.165, 1.54) is 4.57 Å². The number of imidazole rings is 1. The van der Waals surface area contributed by atoms with Crippen molar-refractivity contribution in [2.24, 2.45) is 0 Å². The number of carbonyl (C=O) groups is 1. The molecule has 1 aromatic carbocycles. The van der Waals surface area contributed by atoms with Crippen LogP contribution in [-0.2, 0) is 0 Å². The maximum Gasteiger partial charge on any atom is 0.268 e. The molecule has 0 aliphatic carbocycles. The lowest BCUT2D eigenvalue weighted by Gasteiger charge is -2.32. The number of rotatable bonds is 3. The fraction of sp³-hybridized carbons (Fsp3) is 0.318. The summed E-state index contributed by atoms with van der Waals surface area (Å²) in [7, 11) is 0. The third kappa shape index (κ3) is 3.14. The largest absolute Gasteiger partial charge is 0.454 e. The molecule has 2 aliphatic heterocycles. The highest BCUT2D eigenvalue weighted by atomic mass is 16.7. The van der Waals surface area contributed by atoms with E-state index in [9.17, 15) is 9.59 Å². The van der Waals surface area contributed by atoms with Crippen LogP contribution < -0.4 is 15.0 Å².